The van der Waals surface area contributed by atoms with Crippen molar-refractivity contribution in [2.75, 3.05) is 0 Å². The number of pyridine rings is 1. The molecule has 3 heteroatoms. The molecule has 37 heavy (non-hydrogen) atoms. The zero-order valence-electron chi connectivity index (χ0n) is 22.5. The van der Waals surface area contributed by atoms with Crippen LogP contribution in [0.3, 0.4) is 0 Å². The van der Waals surface area contributed by atoms with Crippen molar-refractivity contribution in [2.45, 2.75) is 53.4 Å². The van der Waals surface area contributed by atoms with Crippen LogP contribution in [0.15, 0.2) is 77.4 Å². The number of aromatic nitrogens is 1. The fraction of sp³-hybridized carbons (Fsp3) is 0.265. The van der Waals surface area contributed by atoms with Crippen LogP contribution in [0, 0.1) is 12.8 Å². The van der Waals surface area contributed by atoms with Gasteiger partial charge in [-0.25, -0.2) is 4.98 Å². The lowest BCUT2D eigenvalue weighted by Crippen LogP contribution is -2.12. The Balaban J connectivity index is 1.59. The highest BCUT2D eigenvalue weighted by molar-refractivity contribution is 7.18. The van der Waals surface area contributed by atoms with Gasteiger partial charge in [-0.3, -0.25) is 0 Å². The molecule has 0 fully saturated rings. The first kappa shape index (κ1) is 23.9. The van der Waals surface area contributed by atoms with E-state index in [-0.39, 0.29) is 5.41 Å². The minimum absolute atomic E-state index is 0.0290. The summed E-state index contributed by atoms with van der Waals surface area (Å²) < 4.78 is 5.90. The molecule has 3 aromatic carbocycles. The van der Waals surface area contributed by atoms with Crippen LogP contribution in [-0.4, -0.2) is 4.98 Å². The molecule has 6 aromatic rings. The van der Waals surface area contributed by atoms with Gasteiger partial charge in [0.1, 0.15) is 10.4 Å². The van der Waals surface area contributed by atoms with E-state index in [0.717, 1.165) is 22.5 Å². The second-order valence-electron chi connectivity index (χ2n) is 11.7. The van der Waals surface area contributed by atoms with Gasteiger partial charge in [0.05, 0.1) is 12.0 Å². The van der Waals surface area contributed by atoms with E-state index in [2.05, 4.69) is 108 Å². The van der Waals surface area contributed by atoms with Gasteiger partial charge in [0.25, 0.3) is 0 Å². The topological polar surface area (TPSA) is 26.0 Å². The molecule has 0 saturated heterocycles. The average molecular weight is 504 g/mol. The molecule has 0 spiro atoms. The van der Waals surface area contributed by atoms with Gasteiger partial charge >= 0.3 is 0 Å². The molecule has 0 atom stereocenters. The summed E-state index contributed by atoms with van der Waals surface area (Å²) in [5.41, 5.74) is 8.25. The lowest BCUT2D eigenvalue weighted by Gasteiger charge is -2.23. The number of hydrogen-bond acceptors (Lipinski definition) is 3. The molecule has 0 unspecified atom stereocenters. The van der Waals surface area contributed by atoms with Gasteiger partial charge in [0.2, 0.25) is 0 Å². The molecule has 3 aromatic heterocycles. The Bertz CT molecular complexity index is 1780. The van der Waals surface area contributed by atoms with Crippen LogP contribution in [0.1, 0.15) is 50.6 Å². The van der Waals surface area contributed by atoms with Crippen LogP contribution in [0.4, 0.5) is 0 Å². The Kier molecular flexibility index (Phi) is 5.72. The van der Waals surface area contributed by atoms with Crippen molar-refractivity contribution in [1.29, 1.82) is 0 Å². The van der Waals surface area contributed by atoms with Crippen LogP contribution < -0.4 is 0 Å². The number of rotatable bonds is 4. The van der Waals surface area contributed by atoms with Crippen LogP contribution in [-0.2, 0) is 11.8 Å². The van der Waals surface area contributed by atoms with Gasteiger partial charge in [-0.15, -0.1) is 11.3 Å². The molecule has 0 aliphatic carbocycles. The maximum absolute atomic E-state index is 5.90. The summed E-state index contributed by atoms with van der Waals surface area (Å²) in [6.45, 7) is 13.5. The van der Waals surface area contributed by atoms with Crippen molar-refractivity contribution in [3.63, 3.8) is 0 Å². The van der Waals surface area contributed by atoms with Crippen molar-refractivity contribution >= 4 is 43.3 Å². The second-order valence-corrected chi connectivity index (χ2v) is 12.9. The average Bonchev–Trinajstić information content (AvgIpc) is 3.43. The quantitative estimate of drug-likeness (QED) is 0.239. The summed E-state index contributed by atoms with van der Waals surface area (Å²) in [4.78, 5) is 7.56. The van der Waals surface area contributed by atoms with Crippen LogP contribution in [0.25, 0.3) is 54.3 Å². The van der Waals surface area contributed by atoms with Crippen LogP contribution in [0.2, 0.25) is 0 Å². The van der Waals surface area contributed by atoms with Crippen LogP contribution >= 0.6 is 11.3 Å². The summed E-state index contributed by atoms with van der Waals surface area (Å²) >= 11 is 1.77. The molecule has 0 amide bonds. The lowest BCUT2D eigenvalue weighted by molar-refractivity contribution is 0.594. The van der Waals surface area contributed by atoms with Crippen molar-refractivity contribution in [3.05, 3.63) is 89.0 Å². The number of thiophene rings is 1. The Hall–Kier alpha value is -3.43. The van der Waals surface area contributed by atoms with E-state index in [1.807, 2.05) is 6.26 Å². The van der Waals surface area contributed by atoms with Gasteiger partial charge in [-0.2, -0.15) is 0 Å². The normalized spacial score (nSPS) is 12.4. The number of benzene rings is 3. The Labute approximate surface area is 223 Å². The summed E-state index contributed by atoms with van der Waals surface area (Å²) in [6, 6.07) is 24.5. The molecular formula is C34H33NOS. The summed E-state index contributed by atoms with van der Waals surface area (Å²) in [7, 11) is 0. The summed E-state index contributed by atoms with van der Waals surface area (Å²) in [5, 5.41) is 5.01. The number of aryl methyl sites for hydroxylation is 1. The largest absolute Gasteiger partial charge is 0.464 e. The summed E-state index contributed by atoms with van der Waals surface area (Å²) in [6.07, 6.45) is 2.94. The molecule has 2 nitrogen and oxygen atoms in total. The van der Waals surface area contributed by atoms with E-state index in [1.54, 1.807) is 11.3 Å². The molecule has 186 valence electrons. The van der Waals surface area contributed by atoms with Gasteiger partial charge in [-0.1, -0.05) is 65.0 Å². The van der Waals surface area contributed by atoms with Gasteiger partial charge in [0.15, 0.2) is 0 Å². The fourth-order valence-electron chi connectivity index (χ4n) is 5.45. The first-order valence-electron chi connectivity index (χ1n) is 13.1. The van der Waals surface area contributed by atoms with E-state index >= 15 is 0 Å². The van der Waals surface area contributed by atoms with Crippen LogP contribution in [0.5, 0.6) is 0 Å². The van der Waals surface area contributed by atoms with Crippen molar-refractivity contribution < 1.29 is 4.42 Å². The third-order valence-corrected chi connectivity index (χ3v) is 8.13. The molecular weight excluding hydrogens is 470 g/mol. The van der Waals surface area contributed by atoms with Crippen molar-refractivity contribution in [3.8, 4) is 22.4 Å². The Morgan fingerprint density at radius 2 is 1.68 bits per heavy atom. The highest BCUT2D eigenvalue weighted by atomic mass is 32.1. The Morgan fingerprint density at radius 1 is 0.865 bits per heavy atom. The molecule has 0 N–H and O–H groups in total. The molecule has 0 aliphatic heterocycles. The maximum atomic E-state index is 5.90. The smallest absolute Gasteiger partial charge is 0.134 e. The van der Waals surface area contributed by atoms with E-state index in [1.165, 1.54) is 54.2 Å². The third-order valence-electron chi connectivity index (χ3n) is 7.19. The molecule has 6 rings (SSSR count). The zero-order chi connectivity index (χ0) is 25.9. The highest BCUT2D eigenvalue weighted by Crippen LogP contribution is 2.40. The number of furan rings is 1. The number of hydrogen-bond donors (Lipinski definition) is 0. The van der Waals surface area contributed by atoms with E-state index < -0.39 is 0 Å². The van der Waals surface area contributed by atoms with Crippen molar-refractivity contribution in [2.24, 2.45) is 5.92 Å². The number of fused-ring (bicyclic) bond motifs is 3. The molecule has 0 radical (unpaired) electrons. The zero-order valence-corrected chi connectivity index (χ0v) is 23.3. The minimum Gasteiger partial charge on any atom is -0.464 e. The van der Waals surface area contributed by atoms with E-state index in [0.29, 0.717) is 5.92 Å². The van der Waals surface area contributed by atoms with Gasteiger partial charge < -0.3 is 4.42 Å². The molecule has 0 aliphatic rings. The predicted molar refractivity (Wildman–Crippen MR) is 160 cm³/mol. The van der Waals surface area contributed by atoms with Crippen molar-refractivity contribution in [1.82, 2.24) is 4.98 Å². The monoisotopic (exact) mass is 503 g/mol. The van der Waals surface area contributed by atoms with E-state index in [9.17, 15) is 0 Å². The standard InChI is InChI=1S/C34H33NOS/c1-20(2)13-25-19-36-32-12-11-23(16-28(25)32)27-18-31(35-33-29(27)14-21(3)37-33)24-15-22-9-7-8-10-26(22)30(17-24)34(4,5)6/h7-12,14-20H,13H2,1-6H3. The Morgan fingerprint density at radius 3 is 2.46 bits per heavy atom. The number of nitrogens with zero attached hydrogens (tertiary/aromatic N) is 1. The molecule has 3 heterocycles. The van der Waals surface area contributed by atoms with Gasteiger partial charge in [-0.05, 0) is 94.1 Å². The fourth-order valence-corrected chi connectivity index (χ4v) is 6.35. The minimum atomic E-state index is 0.0290. The first-order chi connectivity index (χ1) is 17.7. The molecule has 0 bridgehead atoms. The maximum Gasteiger partial charge on any atom is 0.134 e. The summed E-state index contributed by atoms with van der Waals surface area (Å²) in [5.74, 6) is 0.577. The molecule has 0 saturated carbocycles. The van der Waals surface area contributed by atoms with E-state index in [4.69, 9.17) is 9.40 Å². The SMILES string of the molecule is Cc1cc2c(-c3ccc4occ(CC(C)C)c4c3)cc(-c3cc(C(C)(C)C)c4ccccc4c3)nc2s1. The second kappa shape index (κ2) is 8.85. The predicted octanol–water partition coefficient (Wildman–Crippen LogP) is 10.3. The lowest BCUT2D eigenvalue weighted by atomic mass is 9.82. The highest BCUT2D eigenvalue weighted by Gasteiger charge is 2.20. The third kappa shape index (κ3) is 4.36. The van der Waals surface area contributed by atoms with Gasteiger partial charge in [0, 0.05) is 21.2 Å². The first-order valence-corrected chi connectivity index (χ1v) is 13.9.